The molecule has 0 saturated carbocycles. The molecule has 2 unspecified atom stereocenters. The lowest BCUT2D eigenvalue weighted by Gasteiger charge is -2.33. The summed E-state index contributed by atoms with van der Waals surface area (Å²) in [6, 6.07) is 1.81. The summed E-state index contributed by atoms with van der Waals surface area (Å²) < 4.78 is 13.3. The minimum Gasteiger partial charge on any atom is -0.316 e. The quantitative estimate of drug-likeness (QED) is 0.887. The maximum Gasteiger partial charge on any atom is 0.141 e. The Hall–Kier alpha value is -1.00. The SMILES string of the molecule is CCN(CC1CCCNC1)C(C)c1cncc(F)c1. The molecule has 106 valence electrons. The van der Waals surface area contributed by atoms with E-state index in [9.17, 15) is 4.39 Å². The molecule has 0 aliphatic carbocycles. The van der Waals surface area contributed by atoms with Crippen LogP contribution in [0.3, 0.4) is 0 Å². The predicted molar refractivity (Wildman–Crippen MR) is 75.5 cm³/mol. The van der Waals surface area contributed by atoms with Gasteiger partial charge in [0, 0.05) is 18.8 Å². The third-order valence-corrected chi connectivity index (χ3v) is 4.05. The van der Waals surface area contributed by atoms with E-state index >= 15 is 0 Å². The van der Waals surface area contributed by atoms with E-state index in [0.29, 0.717) is 5.92 Å². The molecule has 3 nitrogen and oxygen atoms in total. The summed E-state index contributed by atoms with van der Waals surface area (Å²) >= 11 is 0. The minimum absolute atomic E-state index is 0.218. The van der Waals surface area contributed by atoms with Crippen LogP contribution in [0.4, 0.5) is 4.39 Å². The van der Waals surface area contributed by atoms with Crippen LogP contribution in [-0.2, 0) is 0 Å². The molecule has 0 radical (unpaired) electrons. The molecule has 1 aliphatic heterocycles. The van der Waals surface area contributed by atoms with Gasteiger partial charge in [0.1, 0.15) is 5.82 Å². The largest absolute Gasteiger partial charge is 0.316 e. The van der Waals surface area contributed by atoms with Crippen LogP contribution >= 0.6 is 0 Å². The van der Waals surface area contributed by atoms with E-state index in [-0.39, 0.29) is 11.9 Å². The van der Waals surface area contributed by atoms with E-state index < -0.39 is 0 Å². The molecule has 0 bridgehead atoms. The summed E-state index contributed by atoms with van der Waals surface area (Å²) in [4.78, 5) is 6.37. The molecule has 1 aromatic rings. The molecule has 2 heterocycles. The molecule has 0 spiro atoms. The van der Waals surface area contributed by atoms with Crippen molar-refractivity contribution < 1.29 is 4.39 Å². The molecule has 1 aliphatic rings. The fraction of sp³-hybridized carbons (Fsp3) is 0.667. The van der Waals surface area contributed by atoms with E-state index in [1.807, 2.05) is 0 Å². The molecule has 19 heavy (non-hydrogen) atoms. The topological polar surface area (TPSA) is 28.2 Å². The number of halogens is 1. The number of aromatic nitrogens is 1. The van der Waals surface area contributed by atoms with E-state index in [4.69, 9.17) is 0 Å². The highest BCUT2D eigenvalue weighted by molar-refractivity contribution is 5.14. The van der Waals surface area contributed by atoms with Crippen LogP contribution in [0.15, 0.2) is 18.5 Å². The van der Waals surface area contributed by atoms with Crippen molar-refractivity contribution >= 4 is 0 Å². The summed E-state index contributed by atoms with van der Waals surface area (Å²) in [5.74, 6) is 0.456. The average Bonchev–Trinajstić information content (AvgIpc) is 2.45. The second-order valence-electron chi connectivity index (χ2n) is 5.41. The van der Waals surface area contributed by atoms with Gasteiger partial charge in [-0.3, -0.25) is 9.88 Å². The van der Waals surface area contributed by atoms with Crippen molar-refractivity contribution in [3.05, 3.63) is 29.8 Å². The lowest BCUT2D eigenvalue weighted by molar-refractivity contribution is 0.170. The molecule has 1 fully saturated rings. The Morgan fingerprint density at radius 3 is 3.00 bits per heavy atom. The van der Waals surface area contributed by atoms with E-state index in [0.717, 1.165) is 31.7 Å². The molecule has 1 N–H and O–H groups in total. The predicted octanol–water partition coefficient (Wildman–Crippen LogP) is 2.60. The lowest BCUT2D eigenvalue weighted by atomic mass is 9.97. The lowest BCUT2D eigenvalue weighted by Crippen LogP contribution is -2.39. The van der Waals surface area contributed by atoms with Gasteiger partial charge in [0.15, 0.2) is 0 Å². The summed E-state index contributed by atoms with van der Waals surface area (Å²) in [5, 5.41) is 3.45. The van der Waals surface area contributed by atoms with Gasteiger partial charge in [0.2, 0.25) is 0 Å². The highest BCUT2D eigenvalue weighted by atomic mass is 19.1. The van der Waals surface area contributed by atoms with Crippen LogP contribution in [0.5, 0.6) is 0 Å². The van der Waals surface area contributed by atoms with Crippen LogP contribution in [0.25, 0.3) is 0 Å². The second-order valence-corrected chi connectivity index (χ2v) is 5.41. The van der Waals surface area contributed by atoms with Crippen molar-refractivity contribution in [1.29, 1.82) is 0 Å². The molecule has 1 saturated heterocycles. The number of piperidine rings is 1. The Bertz CT molecular complexity index is 391. The Balaban J connectivity index is 1.99. The third-order valence-electron chi connectivity index (χ3n) is 4.05. The summed E-state index contributed by atoms with van der Waals surface area (Å²) in [6.45, 7) is 8.60. The first kappa shape index (κ1) is 14.4. The van der Waals surface area contributed by atoms with Gasteiger partial charge in [-0.2, -0.15) is 0 Å². The first-order chi connectivity index (χ1) is 9.20. The van der Waals surface area contributed by atoms with Crippen molar-refractivity contribution in [3.63, 3.8) is 0 Å². The van der Waals surface area contributed by atoms with E-state index in [1.165, 1.54) is 19.0 Å². The normalized spacial score (nSPS) is 21.6. The van der Waals surface area contributed by atoms with Gasteiger partial charge in [-0.15, -0.1) is 0 Å². The first-order valence-corrected chi connectivity index (χ1v) is 7.26. The Labute approximate surface area is 115 Å². The highest BCUT2D eigenvalue weighted by Crippen LogP contribution is 2.22. The van der Waals surface area contributed by atoms with Crippen LogP contribution < -0.4 is 5.32 Å². The maximum absolute atomic E-state index is 13.3. The van der Waals surface area contributed by atoms with Crippen molar-refractivity contribution in [1.82, 2.24) is 15.2 Å². The van der Waals surface area contributed by atoms with Gasteiger partial charge in [-0.25, -0.2) is 4.39 Å². The standard InChI is InChI=1S/C15H24FN3/c1-3-19(11-13-5-4-6-17-8-13)12(2)14-7-15(16)10-18-9-14/h7,9-10,12-13,17H,3-6,8,11H2,1-2H3. The zero-order valence-electron chi connectivity index (χ0n) is 11.9. The minimum atomic E-state index is -0.250. The maximum atomic E-state index is 13.3. The van der Waals surface area contributed by atoms with Crippen LogP contribution in [0.2, 0.25) is 0 Å². The van der Waals surface area contributed by atoms with Crippen molar-refractivity contribution in [2.75, 3.05) is 26.2 Å². The summed E-state index contributed by atoms with van der Waals surface area (Å²) in [7, 11) is 0. The van der Waals surface area contributed by atoms with Crippen LogP contribution in [0, 0.1) is 11.7 Å². The molecule has 2 rings (SSSR count). The number of pyridine rings is 1. The Morgan fingerprint density at radius 1 is 1.53 bits per heavy atom. The summed E-state index contributed by atoms with van der Waals surface area (Å²) in [5.41, 5.74) is 0.964. The fourth-order valence-corrected chi connectivity index (χ4v) is 2.84. The number of nitrogens with one attached hydrogen (secondary N) is 1. The first-order valence-electron chi connectivity index (χ1n) is 7.26. The monoisotopic (exact) mass is 265 g/mol. The van der Waals surface area contributed by atoms with Gasteiger partial charge in [-0.1, -0.05) is 6.92 Å². The molecular weight excluding hydrogens is 241 g/mol. The number of hydrogen-bond acceptors (Lipinski definition) is 3. The van der Waals surface area contributed by atoms with Crippen molar-refractivity contribution in [2.45, 2.75) is 32.7 Å². The molecule has 2 atom stereocenters. The smallest absolute Gasteiger partial charge is 0.141 e. The number of hydrogen-bond donors (Lipinski definition) is 1. The fourth-order valence-electron chi connectivity index (χ4n) is 2.84. The van der Waals surface area contributed by atoms with Crippen LogP contribution in [-0.4, -0.2) is 36.1 Å². The molecule has 1 aromatic heterocycles. The number of nitrogens with zero attached hydrogens (tertiary/aromatic N) is 2. The Morgan fingerprint density at radius 2 is 2.37 bits per heavy atom. The van der Waals surface area contributed by atoms with E-state index in [1.54, 1.807) is 12.3 Å². The molecule has 4 heteroatoms. The van der Waals surface area contributed by atoms with E-state index in [2.05, 4.69) is 29.0 Å². The van der Waals surface area contributed by atoms with Gasteiger partial charge in [-0.05, 0) is 56.9 Å². The molecule has 0 aromatic carbocycles. The highest BCUT2D eigenvalue weighted by Gasteiger charge is 2.20. The second kappa shape index (κ2) is 6.96. The van der Waals surface area contributed by atoms with Gasteiger partial charge in [0.25, 0.3) is 0 Å². The molecular formula is C15H24FN3. The Kier molecular flexibility index (Phi) is 5.28. The van der Waals surface area contributed by atoms with Gasteiger partial charge < -0.3 is 5.32 Å². The zero-order chi connectivity index (χ0) is 13.7. The van der Waals surface area contributed by atoms with Crippen LogP contribution in [0.1, 0.15) is 38.3 Å². The third kappa shape index (κ3) is 3.98. The van der Waals surface area contributed by atoms with Crippen molar-refractivity contribution in [3.8, 4) is 0 Å². The zero-order valence-corrected chi connectivity index (χ0v) is 11.9. The number of rotatable bonds is 5. The average molecular weight is 265 g/mol. The summed E-state index contributed by atoms with van der Waals surface area (Å²) in [6.07, 6.45) is 5.59. The van der Waals surface area contributed by atoms with Gasteiger partial charge >= 0.3 is 0 Å². The molecule has 0 amide bonds. The van der Waals surface area contributed by atoms with Crippen molar-refractivity contribution in [2.24, 2.45) is 5.92 Å². The van der Waals surface area contributed by atoms with Gasteiger partial charge in [0.05, 0.1) is 6.20 Å².